The van der Waals surface area contributed by atoms with Crippen LogP contribution in [-0.4, -0.2) is 37.7 Å². The number of hydrogen-bond donors (Lipinski definition) is 0. The van der Waals surface area contributed by atoms with E-state index in [9.17, 15) is 0 Å². The van der Waals surface area contributed by atoms with Crippen molar-refractivity contribution in [2.75, 3.05) is 32.1 Å². The van der Waals surface area contributed by atoms with E-state index in [1.54, 1.807) is 7.11 Å². The molecule has 3 nitrogen and oxygen atoms in total. The van der Waals surface area contributed by atoms with Crippen LogP contribution in [0.3, 0.4) is 0 Å². The van der Waals surface area contributed by atoms with E-state index in [0.717, 1.165) is 18.8 Å². The Balaban J connectivity index is 0.00000128. The van der Waals surface area contributed by atoms with E-state index in [-0.39, 0.29) is 24.0 Å². The zero-order valence-corrected chi connectivity index (χ0v) is 12.1. The Morgan fingerprint density at radius 3 is 2.31 bits per heavy atom. The summed E-state index contributed by atoms with van der Waals surface area (Å²) < 4.78 is 7.41. The summed E-state index contributed by atoms with van der Waals surface area (Å²) in [5, 5.41) is 0. The fourth-order valence-corrected chi connectivity index (χ4v) is 1.86. The zero-order valence-electron chi connectivity index (χ0n) is 9.90. The van der Waals surface area contributed by atoms with Gasteiger partial charge in [-0.05, 0) is 24.3 Å². The van der Waals surface area contributed by atoms with Crippen molar-refractivity contribution in [2.45, 2.75) is 6.92 Å². The first-order valence-corrected chi connectivity index (χ1v) is 5.18. The van der Waals surface area contributed by atoms with Crippen LogP contribution in [0.5, 0.6) is 5.75 Å². The number of hydrogen-bond acceptors (Lipinski definition) is 2. The molecule has 4 heteroatoms. The molecule has 0 aromatic heterocycles. The highest BCUT2D eigenvalue weighted by molar-refractivity contribution is 5.93. The van der Waals surface area contributed by atoms with Crippen molar-refractivity contribution in [2.24, 2.45) is 0 Å². The Morgan fingerprint density at radius 2 is 1.88 bits per heavy atom. The number of ether oxygens (including phenoxy) is 1. The molecule has 16 heavy (non-hydrogen) atoms. The van der Waals surface area contributed by atoms with E-state index in [0.29, 0.717) is 0 Å². The maximum Gasteiger partial charge on any atom is 0.248 e. The number of nitrogens with zero attached hydrogens (tertiary/aromatic N) is 2. The molecule has 1 aliphatic rings. The van der Waals surface area contributed by atoms with Gasteiger partial charge in [0.2, 0.25) is 5.84 Å². The van der Waals surface area contributed by atoms with Crippen LogP contribution < -0.4 is 33.6 Å². The van der Waals surface area contributed by atoms with Crippen LogP contribution in [-0.2, 0) is 0 Å². The fourth-order valence-electron chi connectivity index (χ4n) is 1.86. The average Bonchev–Trinajstić information content (AvgIpc) is 2.60. The van der Waals surface area contributed by atoms with Gasteiger partial charge in [0.1, 0.15) is 24.5 Å². The molecule has 0 saturated carbocycles. The third kappa shape index (κ3) is 2.48. The first-order chi connectivity index (χ1) is 7.22. The van der Waals surface area contributed by atoms with Crippen molar-refractivity contribution < 1.29 is 33.3 Å². The van der Waals surface area contributed by atoms with Gasteiger partial charge < -0.3 is 28.7 Å². The van der Waals surface area contributed by atoms with Crippen molar-refractivity contribution in [3.63, 3.8) is 0 Å². The quantitative estimate of drug-likeness (QED) is 0.488. The minimum atomic E-state index is 0. The van der Waals surface area contributed by atoms with Crippen molar-refractivity contribution in [3.05, 3.63) is 24.3 Å². The Labute approximate surface area is 114 Å². The summed E-state index contributed by atoms with van der Waals surface area (Å²) >= 11 is 0. The van der Waals surface area contributed by atoms with Crippen LogP contribution in [0.25, 0.3) is 0 Å². The number of halogens is 1. The molecule has 1 aliphatic heterocycles. The molecule has 0 aliphatic carbocycles. The van der Waals surface area contributed by atoms with Gasteiger partial charge in [-0.2, -0.15) is 0 Å². The molecule has 0 fully saturated rings. The molecule has 1 aromatic rings. The van der Waals surface area contributed by atoms with Gasteiger partial charge in [-0.3, -0.25) is 4.58 Å². The number of rotatable bonds is 2. The second kappa shape index (κ2) is 5.52. The van der Waals surface area contributed by atoms with E-state index < -0.39 is 0 Å². The van der Waals surface area contributed by atoms with E-state index in [1.165, 1.54) is 11.5 Å². The molecule has 0 radical (unpaired) electrons. The lowest BCUT2D eigenvalue weighted by atomic mass is 10.2. The summed E-state index contributed by atoms with van der Waals surface area (Å²) in [6.07, 6.45) is 0. The normalized spacial score (nSPS) is 15.1. The van der Waals surface area contributed by atoms with Crippen LogP contribution in [0.1, 0.15) is 6.92 Å². The molecular weight excluding hydrogens is 315 g/mol. The highest BCUT2D eigenvalue weighted by atomic mass is 127. The van der Waals surface area contributed by atoms with E-state index in [4.69, 9.17) is 4.74 Å². The lowest BCUT2D eigenvalue weighted by Crippen LogP contribution is -3.00. The van der Waals surface area contributed by atoms with Crippen molar-refractivity contribution in [1.29, 1.82) is 0 Å². The molecular formula is C12H17IN2O. The topological polar surface area (TPSA) is 15.5 Å². The predicted octanol–water partition coefficient (Wildman–Crippen LogP) is -1.42. The molecule has 0 saturated heterocycles. The van der Waals surface area contributed by atoms with Gasteiger partial charge in [-0.1, -0.05) is 0 Å². The second-order valence-electron chi connectivity index (χ2n) is 3.82. The largest absolute Gasteiger partial charge is 1.00 e. The molecule has 0 atom stereocenters. The van der Waals surface area contributed by atoms with Crippen LogP contribution >= 0.6 is 0 Å². The lowest BCUT2D eigenvalue weighted by Gasteiger charge is -2.10. The van der Waals surface area contributed by atoms with Crippen LogP contribution in [0.2, 0.25) is 0 Å². The minimum Gasteiger partial charge on any atom is -1.00 e. The minimum absolute atomic E-state index is 0. The van der Waals surface area contributed by atoms with Gasteiger partial charge in [0.15, 0.2) is 0 Å². The third-order valence-electron chi connectivity index (χ3n) is 2.99. The lowest BCUT2D eigenvalue weighted by molar-refractivity contribution is -0.486. The highest BCUT2D eigenvalue weighted by Crippen LogP contribution is 2.20. The average molecular weight is 332 g/mol. The zero-order chi connectivity index (χ0) is 10.8. The first kappa shape index (κ1) is 13.3. The maximum atomic E-state index is 5.14. The second-order valence-corrected chi connectivity index (χ2v) is 3.82. The molecule has 1 aromatic carbocycles. The molecule has 88 valence electrons. The molecule has 0 unspecified atom stereocenters. The molecule has 0 bridgehead atoms. The summed E-state index contributed by atoms with van der Waals surface area (Å²) in [5.74, 6) is 2.21. The van der Waals surface area contributed by atoms with Gasteiger partial charge in [0.25, 0.3) is 0 Å². The van der Waals surface area contributed by atoms with E-state index in [2.05, 4.69) is 35.6 Å². The van der Waals surface area contributed by atoms with Gasteiger partial charge in [0, 0.05) is 6.92 Å². The maximum absolute atomic E-state index is 5.14. The molecule has 2 rings (SSSR count). The Bertz CT molecular complexity index is 387. The van der Waals surface area contributed by atoms with Gasteiger partial charge in [0.05, 0.1) is 14.2 Å². The van der Waals surface area contributed by atoms with Crippen LogP contribution in [0, 0.1) is 0 Å². The van der Waals surface area contributed by atoms with Crippen molar-refractivity contribution in [3.8, 4) is 5.75 Å². The molecule has 1 heterocycles. The standard InChI is InChI=1S/C12H17N2O.HI/c1-10-13(2)8-9-14(10)11-4-6-12(15-3)7-5-11;/h4-7H,8-9H2,1-3H3;1H/q+1;/p-1. The van der Waals surface area contributed by atoms with Crippen molar-refractivity contribution in [1.82, 2.24) is 0 Å². The van der Waals surface area contributed by atoms with E-state index >= 15 is 0 Å². The van der Waals surface area contributed by atoms with Crippen LogP contribution in [0.4, 0.5) is 5.69 Å². The molecule has 0 amide bonds. The summed E-state index contributed by atoms with van der Waals surface area (Å²) in [7, 11) is 3.81. The summed E-state index contributed by atoms with van der Waals surface area (Å²) in [4.78, 5) is 2.32. The van der Waals surface area contributed by atoms with Gasteiger partial charge >= 0.3 is 0 Å². The SMILES string of the molecule is COc1ccc(N2CC[N+](C)=C2C)cc1.[I-]. The highest BCUT2D eigenvalue weighted by Gasteiger charge is 2.25. The number of methoxy groups -OCH3 is 1. The van der Waals surface area contributed by atoms with Crippen molar-refractivity contribution >= 4 is 11.5 Å². The summed E-state index contributed by atoms with van der Waals surface area (Å²) in [5.41, 5.74) is 1.23. The monoisotopic (exact) mass is 332 g/mol. The molecule has 0 spiro atoms. The predicted molar refractivity (Wildman–Crippen MR) is 62.1 cm³/mol. The molecule has 0 N–H and O–H groups in total. The summed E-state index contributed by atoms with van der Waals surface area (Å²) in [6.45, 7) is 4.31. The fraction of sp³-hybridized carbons (Fsp3) is 0.417. The first-order valence-electron chi connectivity index (χ1n) is 5.18. The van der Waals surface area contributed by atoms with E-state index in [1.807, 2.05) is 12.1 Å². The Morgan fingerprint density at radius 1 is 1.25 bits per heavy atom. The Kier molecular flexibility index (Phi) is 4.58. The van der Waals surface area contributed by atoms with Crippen LogP contribution in [0.15, 0.2) is 24.3 Å². The Hall–Kier alpha value is -0.780. The number of anilines is 1. The number of benzene rings is 1. The third-order valence-corrected chi connectivity index (χ3v) is 2.99. The number of amidine groups is 1. The van der Waals surface area contributed by atoms with Gasteiger partial charge in [-0.25, -0.2) is 4.90 Å². The summed E-state index contributed by atoms with van der Waals surface area (Å²) in [6, 6.07) is 8.20. The number of likely N-dealkylation sites (N-methyl/N-ethyl adjacent to an activating group) is 1. The van der Waals surface area contributed by atoms with Gasteiger partial charge in [-0.15, -0.1) is 0 Å². The smallest absolute Gasteiger partial charge is 0.248 e.